The van der Waals surface area contributed by atoms with Crippen molar-refractivity contribution in [3.8, 4) is 45.1 Å². The SMILES string of the molecule is c1ccc(-n2c3cc(-c4ccc5c6ccccc6n(-c6cccc7ccccc67)c5c4)ccc3c3c4cccc5c4c(cc32)Oc2ccccc2-5)cc1. The lowest BCUT2D eigenvalue weighted by Crippen LogP contribution is -1.98. The van der Waals surface area contributed by atoms with E-state index in [2.05, 4.69) is 185 Å². The van der Waals surface area contributed by atoms with Crippen molar-refractivity contribution in [2.24, 2.45) is 0 Å². The quantitative estimate of drug-likeness (QED) is 0.183. The molecule has 0 N–H and O–H groups in total. The van der Waals surface area contributed by atoms with Crippen molar-refractivity contribution in [3.63, 3.8) is 0 Å². The van der Waals surface area contributed by atoms with E-state index in [1.54, 1.807) is 0 Å². The third-order valence-corrected chi connectivity index (χ3v) is 11.3. The predicted molar refractivity (Wildman–Crippen MR) is 221 cm³/mol. The van der Waals surface area contributed by atoms with Gasteiger partial charge in [0, 0.05) is 49.6 Å². The maximum Gasteiger partial charge on any atom is 0.138 e. The molecule has 0 spiro atoms. The van der Waals surface area contributed by atoms with E-state index >= 15 is 0 Å². The molecular formula is C50H30N2O. The van der Waals surface area contributed by atoms with E-state index in [-0.39, 0.29) is 0 Å². The highest BCUT2D eigenvalue weighted by Gasteiger charge is 2.25. The van der Waals surface area contributed by atoms with Gasteiger partial charge in [-0.2, -0.15) is 0 Å². The van der Waals surface area contributed by atoms with Crippen LogP contribution in [-0.2, 0) is 0 Å². The summed E-state index contributed by atoms with van der Waals surface area (Å²) in [7, 11) is 0. The number of ether oxygens (including phenoxy) is 1. The van der Waals surface area contributed by atoms with Crippen molar-refractivity contribution in [2.75, 3.05) is 0 Å². The monoisotopic (exact) mass is 674 g/mol. The number of nitrogens with zero attached hydrogens (tertiary/aromatic N) is 2. The number of aromatic nitrogens is 2. The fourth-order valence-electron chi connectivity index (χ4n) is 9.00. The highest BCUT2D eigenvalue weighted by Crippen LogP contribution is 2.50. The van der Waals surface area contributed by atoms with Crippen LogP contribution in [0.5, 0.6) is 11.5 Å². The summed E-state index contributed by atoms with van der Waals surface area (Å²) in [5, 5.41) is 9.82. The molecule has 1 aliphatic heterocycles. The predicted octanol–water partition coefficient (Wildman–Crippen LogP) is 13.6. The first-order valence-electron chi connectivity index (χ1n) is 18.2. The number of fused-ring (bicyclic) bond motifs is 10. The Morgan fingerprint density at radius 3 is 1.87 bits per heavy atom. The summed E-state index contributed by atoms with van der Waals surface area (Å²) in [6.45, 7) is 0. The van der Waals surface area contributed by atoms with Crippen LogP contribution < -0.4 is 4.74 Å². The molecule has 0 unspecified atom stereocenters. The highest BCUT2D eigenvalue weighted by atomic mass is 16.5. The van der Waals surface area contributed by atoms with Gasteiger partial charge in [0.15, 0.2) is 0 Å². The fraction of sp³-hybridized carbons (Fsp3) is 0. The maximum absolute atomic E-state index is 6.66. The van der Waals surface area contributed by atoms with Gasteiger partial charge in [-0.1, -0.05) is 133 Å². The summed E-state index contributed by atoms with van der Waals surface area (Å²) in [5.41, 5.74) is 11.7. The van der Waals surface area contributed by atoms with E-state index in [4.69, 9.17) is 4.74 Å². The Morgan fingerprint density at radius 2 is 0.981 bits per heavy atom. The molecule has 0 aliphatic carbocycles. The summed E-state index contributed by atoms with van der Waals surface area (Å²) in [5.74, 6) is 1.79. The molecular weight excluding hydrogens is 645 g/mol. The summed E-state index contributed by atoms with van der Waals surface area (Å²) in [4.78, 5) is 0. The van der Waals surface area contributed by atoms with Gasteiger partial charge in [0.05, 0.1) is 27.8 Å². The van der Waals surface area contributed by atoms with Crippen molar-refractivity contribution in [2.45, 2.75) is 0 Å². The number of benzene rings is 9. The van der Waals surface area contributed by atoms with Crippen LogP contribution in [0.15, 0.2) is 182 Å². The van der Waals surface area contributed by atoms with Gasteiger partial charge in [-0.15, -0.1) is 0 Å². The second-order valence-corrected chi connectivity index (χ2v) is 14.1. The third kappa shape index (κ3) is 3.99. The highest BCUT2D eigenvalue weighted by molar-refractivity contribution is 6.25. The van der Waals surface area contributed by atoms with Crippen LogP contribution in [0.25, 0.3) is 98.8 Å². The molecule has 2 aromatic heterocycles. The fourth-order valence-corrected chi connectivity index (χ4v) is 9.00. The van der Waals surface area contributed by atoms with Gasteiger partial charge in [0.25, 0.3) is 0 Å². The summed E-state index contributed by atoms with van der Waals surface area (Å²) >= 11 is 0. The molecule has 0 fully saturated rings. The van der Waals surface area contributed by atoms with Crippen LogP contribution in [0.4, 0.5) is 0 Å². The van der Waals surface area contributed by atoms with E-state index < -0.39 is 0 Å². The summed E-state index contributed by atoms with van der Waals surface area (Å²) in [6, 6.07) is 66.0. The van der Waals surface area contributed by atoms with Crippen molar-refractivity contribution in [3.05, 3.63) is 182 Å². The number of rotatable bonds is 3. The summed E-state index contributed by atoms with van der Waals surface area (Å²) in [6.07, 6.45) is 0. The van der Waals surface area contributed by atoms with Crippen molar-refractivity contribution < 1.29 is 4.74 Å². The normalized spacial score (nSPS) is 12.3. The number of para-hydroxylation sites is 3. The largest absolute Gasteiger partial charge is 0.456 e. The first-order valence-corrected chi connectivity index (χ1v) is 18.2. The summed E-state index contributed by atoms with van der Waals surface area (Å²) < 4.78 is 11.5. The van der Waals surface area contributed by atoms with Crippen LogP contribution in [-0.4, -0.2) is 9.13 Å². The molecule has 3 heterocycles. The molecule has 12 rings (SSSR count). The van der Waals surface area contributed by atoms with Crippen molar-refractivity contribution in [1.82, 2.24) is 9.13 Å². The van der Waals surface area contributed by atoms with Crippen LogP contribution >= 0.6 is 0 Å². The second kappa shape index (κ2) is 10.7. The van der Waals surface area contributed by atoms with Crippen molar-refractivity contribution in [1.29, 1.82) is 0 Å². The van der Waals surface area contributed by atoms with Crippen LogP contribution in [0, 0.1) is 0 Å². The molecule has 246 valence electrons. The molecule has 0 saturated heterocycles. The third-order valence-electron chi connectivity index (χ3n) is 11.3. The van der Waals surface area contributed by atoms with E-state index in [1.165, 1.54) is 82.0 Å². The molecule has 1 aliphatic rings. The zero-order valence-electron chi connectivity index (χ0n) is 28.6. The minimum absolute atomic E-state index is 0.896. The molecule has 0 amide bonds. The molecule has 9 aromatic carbocycles. The molecule has 0 saturated carbocycles. The van der Waals surface area contributed by atoms with Gasteiger partial charge in [0.1, 0.15) is 11.5 Å². The first kappa shape index (κ1) is 28.6. The molecule has 3 heteroatoms. The minimum atomic E-state index is 0.896. The molecule has 0 radical (unpaired) electrons. The Hall–Kier alpha value is -7.10. The first-order chi connectivity index (χ1) is 26.3. The number of hydrogen-bond acceptors (Lipinski definition) is 1. The topological polar surface area (TPSA) is 19.1 Å². The molecule has 3 nitrogen and oxygen atoms in total. The van der Waals surface area contributed by atoms with E-state index in [0.29, 0.717) is 0 Å². The van der Waals surface area contributed by atoms with Gasteiger partial charge < -0.3 is 13.9 Å². The Balaban J connectivity index is 1.14. The maximum atomic E-state index is 6.66. The van der Waals surface area contributed by atoms with Gasteiger partial charge in [-0.05, 0) is 69.9 Å². The molecule has 0 atom stereocenters. The van der Waals surface area contributed by atoms with E-state index in [1.807, 2.05) is 6.07 Å². The number of hydrogen-bond donors (Lipinski definition) is 0. The van der Waals surface area contributed by atoms with Gasteiger partial charge in [-0.3, -0.25) is 0 Å². The van der Waals surface area contributed by atoms with Crippen molar-refractivity contribution >= 4 is 65.2 Å². The lowest BCUT2D eigenvalue weighted by molar-refractivity contribution is 0.487. The Bertz CT molecular complexity index is 3310. The van der Waals surface area contributed by atoms with E-state index in [0.717, 1.165) is 28.3 Å². The van der Waals surface area contributed by atoms with Crippen LogP contribution in [0.2, 0.25) is 0 Å². The average Bonchev–Trinajstić information content (AvgIpc) is 3.73. The zero-order valence-corrected chi connectivity index (χ0v) is 28.6. The van der Waals surface area contributed by atoms with Gasteiger partial charge >= 0.3 is 0 Å². The lowest BCUT2D eigenvalue weighted by Gasteiger charge is -2.22. The molecule has 0 bridgehead atoms. The lowest BCUT2D eigenvalue weighted by atomic mass is 9.92. The minimum Gasteiger partial charge on any atom is -0.456 e. The Labute approximate surface area is 305 Å². The Kier molecular flexibility index (Phi) is 5.77. The van der Waals surface area contributed by atoms with E-state index in [9.17, 15) is 0 Å². The Morgan fingerprint density at radius 1 is 0.340 bits per heavy atom. The zero-order chi connectivity index (χ0) is 34.6. The second-order valence-electron chi connectivity index (χ2n) is 14.1. The van der Waals surface area contributed by atoms with Crippen LogP contribution in [0.3, 0.4) is 0 Å². The molecule has 53 heavy (non-hydrogen) atoms. The van der Waals surface area contributed by atoms with Gasteiger partial charge in [0.2, 0.25) is 0 Å². The van der Waals surface area contributed by atoms with Gasteiger partial charge in [-0.25, -0.2) is 0 Å². The average molecular weight is 675 g/mol. The standard InChI is InChI=1S/C50H30N2O/c1-2-14-34(15-3-1)51-45-29-33(25-27-40(45)49-41-20-11-19-39-38-18-7-9-23-47(38)53-48(50(39)41)30-46(49)51)32-24-26-37-36-17-6-8-21-43(36)52(44(37)28-32)42-22-10-13-31-12-4-5-16-35(31)42/h1-30H. The van der Waals surface area contributed by atoms with Crippen LogP contribution in [0.1, 0.15) is 0 Å². The smallest absolute Gasteiger partial charge is 0.138 e. The molecule has 11 aromatic rings.